The van der Waals surface area contributed by atoms with E-state index in [2.05, 4.69) is 36.5 Å². The Balaban J connectivity index is 2.25. The Morgan fingerprint density at radius 2 is 1.94 bits per heavy atom. The van der Waals surface area contributed by atoms with Crippen LogP contribution in [0.4, 0.5) is 0 Å². The largest absolute Gasteiger partial charge is 0.309 e. The second-order valence-corrected chi connectivity index (χ2v) is 5.70. The maximum atomic E-state index is 6.21. The minimum atomic E-state index is 0.188. The third-order valence-corrected chi connectivity index (χ3v) is 4.47. The van der Waals surface area contributed by atoms with E-state index in [1.807, 2.05) is 18.5 Å². The fraction of sp³-hybridized carbons (Fsp3) is 0.333. The highest BCUT2D eigenvalue weighted by atomic mass is 35.5. The van der Waals surface area contributed by atoms with Crippen LogP contribution in [0.15, 0.2) is 35.7 Å². The predicted molar refractivity (Wildman–Crippen MR) is 80.7 cm³/mol. The number of rotatable bonds is 5. The van der Waals surface area contributed by atoms with Gasteiger partial charge < -0.3 is 5.32 Å². The maximum Gasteiger partial charge on any atom is 0.0683 e. The van der Waals surface area contributed by atoms with Gasteiger partial charge in [0.1, 0.15) is 0 Å². The molecule has 0 spiro atoms. The van der Waals surface area contributed by atoms with Crippen LogP contribution in [0.3, 0.4) is 0 Å². The standard InChI is InChI=1S/C15H18ClNS/c1-3-4-11-5-7-12(8-6-11)14(17-2)15-13(16)9-10-18-15/h5-10,14,17H,3-4H2,1-2H3. The van der Waals surface area contributed by atoms with Gasteiger partial charge in [-0.1, -0.05) is 49.2 Å². The highest BCUT2D eigenvalue weighted by molar-refractivity contribution is 7.10. The number of hydrogen-bond acceptors (Lipinski definition) is 2. The number of aryl methyl sites for hydroxylation is 1. The van der Waals surface area contributed by atoms with Crippen LogP contribution in [0.25, 0.3) is 0 Å². The van der Waals surface area contributed by atoms with Gasteiger partial charge in [-0.3, -0.25) is 0 Å². The average molecular weight is 280 g/mol. The molecule has 0 saturated heterocycles. The predicted octanol–water partition coefficient (Wildman–Crippen LogP) is 4.66. The number of hydrogen-bond donors (Lipinski definition) is 1. The van der Waals surface area contributed by atoms with E-state index < -0.39 is 0 Å². The molecule has 96 valence electrons. The first-order chi connectivity index (χ1) is 8.76. The van der Waals surface area contributed by atoms with Crippen molar-refractivity contribution in [2.45, 2.75) is 25.8 Å². The molecule has 0 aliphatic heterocycles. The van der Waals surface area contributed by atoms with Crippen molar-refractivity contribution in [3.8, 4) is 0 Å². The molecule has 1 atom stereocenters. The summed E-state index contributed by atoms with van der Waals surface area (Å²) in [5.41, 5.74) is 2.66. The highest BCUT2D eigenvalue weighted by Gasteiger charge is 2.16. The van der Waals surface area contributed by atoms with E-state index in [0.29, 0.717) is 0 Å². The van der Waals surface area contributed by atoms with E-state index >= 15 is 0 Å². The summed E-state index contributed by atoms with van der Waals surface area (Å²) in [5.74, 6) is 0. The fourth-order valence-corrected chi connectivity index (χ4v) is 3.43. The molecule has 18 heavy (non-hydrogen) atoms. The highest BCUT2D eigenvalue weighted by Crippen LogP contribution is 2.32. The zero-order valence-electron chi connectivity index (χ0n) is 10.7. The van der Waals surface area contributed by atoms with Crippen molar-refractivity contribution in [2.24, 2.45) is 0 Å². The van der Waals surface area contributed by atoms with E-state index in [1.54, 1.807) is 11.3 Å². The van der Waals surface area contributed by atoms with Gasteiger partial charge in [-0.15, -0.1) is 11.3 Å². The van der Waals surface area contributed by atoms with E-state index in [-0.39, 0.29) is 6.04 Å². The molecular formula is C15H18ClNS. The summed E-state index contributed by atoms with van der Waals surface area (Å²) in [4.78, 5) is 1.18. The minimum Gasteiger partial charge on any atom is -0.309 e. The molecule has 1 N–H and O–H groups in total. The van der Waals surface area contributed by atoms with Gasteiger partial charge in [-0.25, -0.2) is 0 Å². The first kappa shape index (κ1) is 13.6. The van der Waals surface area contributed by atoms with Gasteiger partial charge in [0.15, 0.2) is 0 Å². The van der Waals surface area contributed by atoms with Crippen LogP contribution in [0.5, 0.6) is 0 Å². The summed E-state index contributed by atoms with van der Waals surface area (Å²) in [5, 5.41) is 6.22. The van der Waals surface area contributed by atoms with Crippen molar-refractivity contribution in [1.82, 2.24) is 5.32 Å². The normalized spacial score (nSPS) is 12.6. The molecule has 0 aliphatic rings. The zero-order chi connectivity index (χ0) is 13.0. The Labute approximate surface area is 118 Å². The second-order valence-electron chi connectivity index (χ2n) is 4.35. The fourth-order valence-electron chi connectivity index (χ4n) is 2.13. The first-order valence-electron chi connectivity index (χ1n) is 6.25. The first-order valence-corrected chi connectivity index (χ1v) is 7.51. The van der Waals surface area contributed by atoms with Crippen LogP contribution >= 0.6 is 22.9 Å². The molecule has 0 bridgehead atoms. The topological polar surface area (TPSA) is 12.0 Å². The molecule has 0 fully saturated rings. The van der Waals surface area contributed by atoms with Crippen LogP contribution in [0, 0.1) is 0 Å². The number of halogens is 1. The van der Waals surface area contributed by atoms with Gasteiger partial charge in [0.25, 0.3) is 0 Å². The Kier molecular flexibility index (Phi) is 4.81. The van der Waals surface area contributed by atoms with Crippen LogP contribution in [0.1, 0.15) is 35.4 Å². The molecule has 2 rings (SSSR count). The van der Waals surface area contributed by atoms with Crippen molar-refractivity contribution in [2.75, 3.05) is 7.05 Å². The average Bonchev–Trinajstić information content (AvgIpc) is 2.79. The zero-order valence-corrected chi connectivity index (χ0v) is 12.3. The van der Waals surface area contributed by atoms with Gasteiger partial charge in [0.2, 0.25) is 0 Å². The molecule has 0 amide bonds. The third-order valence-electron chi connectivity index (χ3n) is 3.05. The van der Waals surface area contributed by atoms with Crippen molar-refractivity contribution < 1.29 is 0 Å². The Bertz CT molecular complexity index is 489. The summed E-state index contributed by atoms with van der Waals surface area (Å²) in [7, 11) is 1.97. The minimum absolute atomic E-state index is 0.188. The van der Waals surface area contributed by atoms with Crippen LogP contribution in [-0.2, 0) is 6.42 Å². The van der Waals surface area contributed by atoms with Crippen LogP contribution in [0.2, 0.25) is 5.02 Å². The maximum absolute atomic E-state index is 6.21. The van der Waals surface area contributed by atoms with Crippen molar-refractivity contribution in [1.29, 1.82) is 0 Å². The Morgan fingerprint density at radius 1 is 1.22 bits per heavy atom. The van der Waals surface area contributed by atoms with Gasteiger partial charge in [0.05, 0.1) is 11.1 Å². The van der Waals surface area contributed by atoms with E-state index in [4.69, 9.17) is 11.6 Å². The number of benzene rings is 1. The van der Waals surface area contributed by atoms with Crippen molar-refractivity contribution >= 4 is 22.9 Å². The second kappa shape index (κ2) is 6.37. The number of nitrogens with one attached hydrogen (secondary N) is 1. The monoisotopic (exact) mass is 279 g/mol. The molecule has 1 heterocycles. The van der Waals surface area contributed by atoms with Gasteiger partial charge in [-0.05, 0) is 36.0 Å². The Morgan fingerprint density at radius 3 is 2.44 bits per heavy atom. The van der Waals surface area contributed by atoms with E-state index in [1.165, 1.54) is 22.4 Å². The molecular weight excluding hydrogens is 262 g/mol. The lowest BCUT2D eigenvalue weighted by molar-refractivity contribution is 0.703. The molecule has 1 nitrogen and oxygen atoms in total. The molecule has 0 radical (unpaired) electrons. The van der Waals surface area contributed by atoms with Crippen LogP contribution < -0.4 is 5.32 Å². The van der Waals surface area contributed by atoms with Gasteiger partial charge >= 0.3 is 0 Å². The molecule has 0 aliphatic carbocycles. The third kappa shape index (κ3) is 2.94. The SMILES string of the molecule is CCCc1ccc(C(NC)c2sccc2Cl)cc1. The van der Waals surface area contributed by atoms with E-state index in [9.17, 15) is 0 Å². The summed E-state index contributed by atoms with van der Waals surface area (Å²) < 4.78 is 0. The Hall–Kier alpha value is -0.830. The summed E-state index contributed by atoms with van der Waals surface area (Å²) in [6.07, 6.45) is 2.33. The lowest BCUT2D eigenvalue weighted by Crippen LogP contribution is -2.16. The van der Waals surface area contributed by atoms with Crippen molar-refractivity contribution in [3.63, 3.8) is 0 Å². The lowest BCUT2D eigenvalue weighted by atomic mass is 10.0. The van der Waals surface area contributed by atoms with Crippen LogP contribution in [-0.4, -0.2) is 7.05 Å². The number of thiophene rings is 1. The molecule has 3 heteroatoms. The smallest absolute Gasteiger partial charge is 0.0683 e. The quantitative estimate of drug-likeness (QED) is 0.839. The van der Waals surface area contributed by atoms with E-state index in [0.717, 1.165) is 11.4 Å². The summed E-state index contributed by atoms with van der Waals surface area (Å²) >= 11 is 7.91. The van der Waals surface area contributed by atoms with Gasteiger partial charge in [-0.2, -0.15) is 0 Å². The molecule has 1 aromatic heterocycles. The summed E-state index contributed by atoms with van der Waals surface area (Å²) in [6, 6.07) is 11.0. The molecule has 1 unspecified atom stereocenters. The summed E-state index contributed by atoms with van der Waals surface area (Å²) in [6.45, 7) is 2.20. The lowest BCUT2D eigenvalue weighted by Gasteiger charge is -2.16. The van der Waals surface area contributed by atoms with Gasteiger partial charge in [0, 0.05) is 4.88 Å². The molecule has 1 aromatic carbocycles. The molecule has 0 saturated carbocycles. The molecule has 2 aromatic rings. The van der Waals surface area contributed by atoms with Crippen molar-refractivity contribution in [3.05, 3.63) is 56.7 Å².